The average Bonchev–Trinajstić information content (AvgIpc) is 2.74. The predicted octanol–water partition coefficient (Wildman–Crippen LogP) is 2.29. The van der Waals surface area contributed by atoms with Gasteiger partial charge in [0.05, 0.1) is 13.2 Å². The molecule has 0 saturated heterocycles. The van der Waals surface area contributed by atoms with Crippen LogP contribution in [-0.2, 0) is 6.42 Å². The van der Waals surface area contributed by atoms with Crippen LogP contribution in [0.2, 0.25) is 0 Å². The van der Waals surface area contributed by atoms with Gasteiger partial charge in [0, 0.05) is 23.7 Å². The first-order valence-electron chi connectivity index (χ1n) is 6.93. The second-order valence-electron chi connectivity index (χ2n) is 4.67. The topological polar surface area (TPSA) is 70.3 Å². The van der Waals surface area contributed by atoms with Crippen LogP contribution < -0.4 is 15.2 Å². The molecule has 0 amide bonds. The Hall–Kier alpha value is -1.79. The first-order valence-corrected chi connectivity index (χ1v) is 7.75. The molecular weight excluding hydrogens is 286 g/mol. The summed E-state index contributed by atoms with van der Waals surface area (Å²) in [6.07, 6.45) is 5.36. The van der Waals surface area contributed by atoms with Crippen molar-refractivity contribution in [3.63, 3.8) is 0 Å². The smallest absolute Gasteiger partial charge is 0.192 e. The van der Waals surface area contributed by atoms with E-state index >= 15 is 0 Å². The molecule has 1 aliphatic heterocycles. The first kappa shape index (κ1) is 14.2. The molecule has 0 fully saturated rings. The summed E-state index contributed by atoms with van der Waals surface area (Å²) < 4.78 is 11.3. The van der Waals surface area contributed by atoms with E-state index in [1.807, 2.05) is 30.6 Å². The molecule has 110 valence electrons. The van der Waals surface area contributed by atoms with Crippen molar-refractivity contribution >= 4 is 11.8 Å². The Morgan fingerprint density at radius 1 is 1.10 bits per heavy atom. The van der Waals surface area contributed by atoms with E-state index in [9.17, 15) is 0 Å². The largest absolute Gasteiger partial charge is 0.490 e. The maximum Gasteiger partial charge on any atom is 0.192 e. The van der Waals surface area contributed by atoms with E-state index in [1.54, 1.807) is 0 Å². The molecule has 6 heteroatoms. The highest BCUT2D eigenvalue weighted by atomic mass is 32.2. The molecule has 1 aromatic heterocycles. The summed E-state index contributed by atoms with van der Waals surface area (Å²) in [6, 6.07) is 5.91. The molecule has 1 aromatic carbocycles. The van der Waals surface area contributed by atoms with Gasteiger partial charge in [-0.1, -0.05) is 0 Å². The maximum absolute atomic E-state index is 5.68. The van der Waals surface area contributed by atoms with Gasteiger partial charge in [0.1, 0.15) is 0 Å². The Morgan fingerprint density at radius 3 is 2.62 bits per heavy atom. The van der Waals surface area contributed by atoms with Gasteiger partial charge in [-0.25, -0.2) is 9.97 Å². The van der Waals surface area contributed by atoms with Crippen LogP contribution in [0.25, 0.3) is 0 Å². The van der Waals surface area contributed by atoms with Crippen LogP contribution in [0.4, 0.5) is 0 Å². The molecule has 0 spiro atoms. The molecule has 0 unspecified atom stereocenters. The Labute approximate surface area is 127 Å². The van der Waals surface area contributed by atoms with Crippen LogP contribution in [0, 0.1) is 0 Å². The standard InChI is InChI=1S/C15H17N3O2S/c16-5-4-11-9-17-15(18-10-11)21-12-2-3-13-14(8-12)20-7-1-6-19-13/h2-3,8-10H,1,4-7,16H2. The van der Waals surface area contributed by atoms with Crippen molar-refractivity contribution in [3.8, 4) is 11.5 Å². The van der Waals surface area contributed by atoms with Crippen LogP contribution in [0.15, 0.2) is 40.6 Å². The minimum Gasteiger partial charge on any atom is -0.490 e. The number of ether oxygens (including phenoxy) is 2. The summed E-state index contributed by atoms with van der Waals surface area (Å²) in [5, 5.41) is 0.713. The molecule has 0 saturated carbocycles. The fraction of sp³-hybridized carbons (Fsp3) is 0.333. The van der Waals surface area contributed by atoms with Gasteiger partial charge in [-0.3, -0.25) is 0 Å². The van der Waals surface area contributed by atoms with Crippen molar-refractivity contribution in [1.29, 1.82) is 0 Å². The number of nitrogens with zero attached hydrogens (tertiary/aromatic N) is 2. The molecule has 2 aromatic rings. The lowest BCUT2D eigenvalue weighted by atomic mass is 10.2. The van der Waals surface area contributed by atoms with Crippen molar-refractivity contribution in [2.24, 2.45) is 5.73 Å². The molecule has 2 heterocycles. The minimum absolute atomic E-state index is 0.609. The monoisotopic (exact) mass is 303 g/mol. The lowest BCUT2D eigenvalue weighted by molar-refractivity contribution is 0.297. The van der Waals surface area contributed by atoms with Crippen molar-refractivity contribution < 1.29 is 9.47 Å². The summed E-state index contributed by atoms with van der Waals surface area (Å²) in [5.41, 5.74) is 6.57. The lowest BCUT2D eigenvalue weighted by Crippen LogP contribution is -2.03. The van der Waals surface area contributed by atoms with Crippen LogP contribution >= 0.6 is 11.8 Å². The number of rotatable bonds is 4. The second kappa shape index (κ2) is 6.78. The van der Waals surface area contributed by atoms with E-state index in [0.717, 1.165) is 34.8 Å². The van der Waals surface area contributed by atoms with Gasteiger partial charge < -0.3 is 15.2 Å². The highest BCUT2D eigenvalue weighted by Crippen LogP contribution is 2.35. The highest BCUT2D eigenvalue weighted by Gasteiger charge is 2.11. The molecule has 5 nitrogen and oxygen atoms in total. The van der Waals surface area contributed by atoms with Crippen LogP contribution in [0.3, 0.4) is 0 Å². The number of hydrogen-bond donors (Lipinski definition) is 1. The molecule has 2 N–H and O–H groups in total. The molecule has 21 heavy (non-hydrogen) atoms. The van der Waals surface area contributed by atoms with E-state index in [-0.39, 0.29) is 0 Å². The fourth-order valence-corrected chi connectivity index (χ4v) is 2.73. The summed E-state index contributed by atoms with van der Waals surface area (Å²) >= 11 is 1.50. The van der Waals surface area contributed by atoms with Gasteiger partial charge >= 0.3 is 0 Å². The van der Waals surface area contributed by atoms with Crippen LogP contribution in [0.5, 0.6) is 11.5 Å². The lowest BCUT2D eigenvalue weighted by Gasteiger charge is -2.08. The van der Waals surface area contributed by atoms with Crippen LogP contribution in [-0.4, -0.2) is 29.7 Å². The number of benzene rings is 1. The third-order valence-corrected chi connectivity index (χ3v) is 3.93. The molecule has 0 atom stereocenters. The Bertz CT molecular complexity index is 604. The zero-order valence-electron chi connectivity index (χ0n) is 11.6. The number of hydrogen-bond acceptors (Lipinski definition) is 6. The number of aromatic nitrogens is 2. The molecular formula is C15H17N3O2S. The van der Waals surface area contributed by atoms with Gasteiger partial charge in [0.25, 0.3) is 0 Å². The fourth-order valence-electron chi connectivity index (χ4n) is 2.00. The van der Waals surface area contributed by atoms with E-state index in [2.05, 4.69) is 9.97 Å². The summed E-state index contributed by atoms with van der Waals surface area (Å²) in [6.45, 7) is 1.99. The van der Waals surface area contributed by atoms with Crippen molar-refractivity contribution in [2.75, 3.05) is 19.8 Å². The molecule has 0 bridgehead atoms. The third kappa shape index (κ3) is 3.65. The van der Waals surface area contributed by atoms with E-state index in [0.29, 0.717) is 24.9 Å². The summed E-state index contributed by atoms with van der Waals surface area (Å²) in [7, 11) is 0. The zero-order chi connectivity index (χ0) is 14.5. The van der Waals surface area contributed by atoms with Crippen molar-refractivity contribution in [2.45, 2.75) is 22.9 Å². The van der Waals surface area contributed by atoms with Crippen LogP contribution in [0.1, 0.15) is 12.0 Å². The molecule has 0 radical (unpaired) electrons. The minimum atomic E-state index is 0.609. The Kier molecular flexibility index (Phi) is 4.57. The van der Waals surface area contributed by atoms with Crippen molar-refractivity contribution in [3.05, 3.63) is 36.2 Å². The van der Waals surface area contributed by atoms with E-state index in [4.69, 9.17) is 15.2 Å². The second-order valence-corrected chi connectivity index (χ2v) is 5.71. The van der Waals surface area contributed by atoms with E-state index < -0.39 is 0 Å². The van der Waals surface area contributed by atoms with E-state index in [1.165, 1.54) is 11.8 Å². The van der Waals surface area contributed by atoms with Gasteiger partial charge in [-0.2, -0.15) is 0 Å². The zero-order valence-corrected chi connectivity index (χ0v) is 12.4. The quantitative estimate of drug-likeness (QED) is 0.874. The molecule has 1 aliphatic rings. The average molecular weight is 303 g/mol. The van der Waals surface area contributed by atoms with Crippen molar-refractivity contribution in [1.82, 2.24) is 9.97 Å². The van der Waals surface area contributed by atoms with Gasteiger partial charge in [0.15, 0.2) is 16.7 Å². The third-order valence-electron chi connectivity index (χ3n) is 3.04. The summed E-state index contributed by atoms with van der Waals surface area (Å²) in [5.74, 6) is 1.59. The molecule has 0 aliphatic carbocycles. The van der Waals surface area contributed by atoms with Gasteiger partial charge in [-0.15, -0.1) is 0 Å². The highest BCUT2D eigenvalue weighted by molar-refractivity contribution is 7.99. The maximum atomic E-state index is 5.68. The normalized spacial score (nSPS) is 13.8. The SMILES string of the molecule is NCCc1cnc(Sc2ccc3c(c2)OCCCO3)nc1. The first-order chi connectivity index (χ1) is 10.3. The Balaban J connectivity index is 1.73. The van der Waals surface area contributed by atoms with Gasteiger partial charge in [-0.05, 0) is 48.5 Å². The Morgan fingerprint density at radius 2 is 1.86 bits per heavy atom. The number of fused-ring (bicyclic) bond motifs is 1. The predicted molar refractivity (Wildman–Crippen MR) is 81.0 cm³/mol. The number of nitrogens with two attached hydrogens (primary N) is 1. The van der Waals surface area contributed by atoms with Gasteiger partial charge in [0.2, 0.25) is 0 Å². The summed E-state index contributed by atoms with van der Waals surface area (Å²) in [4.78, 5) is 9.73. The molecule has 3 rings (SSSR count).